The standard InChI is InChI=1S/C19H22F2N4O3S/c20-16-6-5-14(10-17(16)21)29(27,28)25-9-3-4-13(12-25)18-15(11-22-23-18)19(26)24-7-1-2-8-24/h5-6,10-11,13H,1-4,7-9,12H2,(H,22,23)/t13-/m0/s1. The van der Waals surface area contributed by atoms with Gasteiger partial charge in [-0.1, -0.05) is 0 Å². The predicted molar refractivity (Wildman–Crippen MR) is 101 cm³/mol. The van der Waals surface area contributed by atoms with Gasteiger partial charge in [-0.3, -0.25) is 9.89 Å². The molecule has 2 fully saturated rings. The summed E-state index contributed by atoms with van der Waals surface area (Å²) in [4.78, 5) is 14.3. The van der Waals surface area contributed by atoms with E-state index in [-0.39, 0.29) is 29.8 Å². The molecule has 2 aliphatic heterocycles. The van der Waals surface area contributed by atoms with E-state index in [1.165, 1.54) is 10.5 Å². The van der Waals surface area contributed by atoms with Crippen LogP contribution in [0.5, 0.6) is 0 Å². The Bertz CT molecular complexity index is 1020. The lowest BCUT2D eigenvalue weighted by atomic mass is 9.93. The fraction of sp³-hybridized carbons (Fsp3) is 0.474. The summed E-state index contributed by atoms with van der Waals surface area (Å²) < 4.78 is 53.9. The number of H-pyrrole nitrogens is 1. The molecule has 10 heteroatoms. The zero-order valence-electron chi connectivity index (χ0n) is 15.8. The molecule has 1 aromatic heterocycles. The van der Waals surface area contributed by atoms with Crippen LogP contribution in [0.2, 0.25) is 0 Å². The van der Waals surface area contributed by atoms with Crippen LogP contribution in [-0.2, 0) is 10.0 Å². The highest BCUT2D eigenvalue weighted by molar-refractivity contribution is 7.89. The number of sulfonamides is 1. The number of nitrogens with one attached hydrogen (secondary N) is 1. The Kier molecular flexibility index (Phi) is 5.39. The summed E-state index contributed by atoms with van der Waals surface area (Å²) in [6.45, 7) is 1.85. The Balaban J connectivity index is 1.57. The molecule has 156 valence electrons. The van der Waals surface area contributed by atoms with Crippen molar-refractivity contribution in [2.75, 3.05) is 26.2 Å². The van der Waals surface area contributed by atoms with E-state index in [1.54, 1.807) is 4.90 Å². The van der Waals surface area contributed by atoms with E-state index in [0.717, 1.165) is 25.0 Å². The molecule has 0 radical (unpaired) electrons. The molecular formula is C19H22F2N4O3S. The van der Waals surface area contributed by atoms with Gasteiger partial charge in [0.05, 0.1) is 22.3 Å². The Hall–Kier alpha value is -2.33. The van der Waals surface area contributed by atoms with Crippen molar-refractivity contribution in [2.45, 2.75) is 36.5 Å². The molecule has 1 amide bonds. The molecule has 2 aromatic rings. The van der Waals surface area contributed by atoms with Crippen LogP contribution >= 0.6 is 0 Å². The third-order valence-electron chi connectivity index (χ3n) is 5.61. The monoisotopic (exact) mass is 424 g/mol. The van der Waals surface area contributed by atoms with Gasteiger partial charge in [0.1, 0.15) is 0 Å². The average molecular weight is 424 g/mol. The highest BCUT2D eigenvalue weighted by Gasteiger charge is 2.34. The van der Waals surface area contributed by atoms with Crippen LogP contribution in [0.25, 0.3) is 0 Å². The van der Waals surface area contributed by atoms with Gasteiger partial charge < -0.3 is 4.90 Å². The van der Waals surface area contributed by atoms with Crippen molar-refractivity contribution < 1.29 is 22.0 Å². The van der Waals surface area contributed by atoms with Crippen molar-refractivity contribution in [3.63, 3.8) is 0 Å². The van der Waals surface area contributed by atoms with E-state index in [4.69, 9.17) is 0 Å². The minimum absolute atomic E-state index is 0.0909. The Morgan fingerprint density at radius 2 is 1.86 bits per heavy atom. The van der Waals surface area contributed by atoms with Crippen LogP contribution in [0, 0.1) is 11.6 Å². The third kappa shape index (κ3) is 3.78. The van der Waals surface area contributed by atoms with Crippen LogP contribution in [0.4, 0.5) is 8.78 Å². The molecule has 1 aromatic carbocycles. The maximum absolute atomic E-state index is 13.6. The fourth-order valence-electron chi connectivity index (χ4n) is 4.05. The summed E-state index contributed by atoms with van der Waals surface area (Å²) in [5.41, 5.74) is 1.11. The lowest BCUT2D eigenvalue weighted by molar-refractivity contribution is 0.0791. The molecule has 0 spiro atoms. The number of hydrogen-bond acceptors (Lipinski definition) is 4. The molecule has 29 heavy (non-hydrogen) atoms. The summed E-state index contributed by atoms with van der Waals surface area (Å²) in [6, 6.07) is 2.58. The molecule has 1 atom stereocenters. The molecule has 0 bridgehead atoms. The molecule has 1 N–H and O–H groups in total. The Labute approximate surface area is 167 Å². The summed E-state index contributed by atoms with van der Waals surface area (Å²) >= 11 is 0. The van der Waals surface area contributed by atoms with Gasteiger partial charge in [0, 0.05) is 32.1 Å². The summed E-state index contributed by atoms with van der Waals surface area (Å²) in [5, 5.41) is 6.90. The van der Waals surface area contributed by atoms with Gasteiger partial charge in [-0.15, -0.1) is 0 Å². The minimum atomic E-state index is -3.98. The SMILES string of the molecule is O=C(c1cn[nH]c1[C@H]1CCCN(S(=O)(=O)c2ccc(F)c(F)c2)C1)N1CCCC1. The van der Waals surface area contributed by atoms with E-state index in [1.807, 2.05) is 0 Å². The summed E-state index contributed by atoms with van der Waals surface area (Å²) in [7, 11) is -3.98. The van der Waals surface area contributed by atoms with Crippen molar-refractivity contribution in [1.82, 2.24) is 19.4 Å². The number of carbonyl (C=O) groups excluding carboxylic acids is 1. The van der Waals surface area contributed by atoms with E-state index in [0.29, 0.717) is 43.3 Å². The molecule has 3 heterocycles. The number of halogens is 2. The largest absolute Gasteiger partial charge is 0.339 e. The lowest BCUT2D eigenvalue weighted by Gasteiger charge is -2.32. The maximum atomic E-state index is 13.6. The second-order valence-electron chi connectivity index (χ2n) is 7.47. The van der Waals surface area contributed by atoms with Gasteiger partial charge in [0.15, 0.2) is 11.6 Å². The van der Waals surface area contributed by atoms with Crippen LogP contribution in [0.1, 0.15) is 47.7 Å². The molecule has 2 aliphatic rings. The number of benzene rings is 1. The van der Waals surface area contributed by atoms with Gasteiger partial charge in [0.25, 0.3) is 5.91 Å². The third-order valence-corrected chi connectivity index (χ3v) is 7.47. The highest BCUT2D eigenvalue weighted by Crippen LogP contribution is 2.32. The molecule has 7 nitrogen and oxygen atoms in total. The van der Waals surface area contributed by atoms with Crippen molar-refractivity contribution in [2.24, 2.45) is 0 Å². The number of rotatable bonds is 4. The van der Waals surface area contributed by atoms with Crippen LogP contribution < -0.4 is 0 Å². The van der Waals surface area contributed by atoms with Gasteiger partial charge in [-0.25, -0.2) is 17.2 Å². The van der Waals surface area contributed by atoms with Gasteiger partial charge in [-0.2, -0.15) is 9.40 Å². The quantitative estimate of drug-likeness (QED) is 0.817. The molecular weight excluding hydrogens is 402 g/mol. The van der Waals surface area contributed by atoms with Crippen molar-refractivity contribution in [3.8, 4) is 0 Å². The number of aromatic nitrogens is 2. The molecule has 4 rings (SSSR count). The number of nitrogens with zero attached hydrogens (tertiary/aromatic N) is 3. The zero-order chi connectivity index (χ0) is 20.6. The molecule has 0 aliphatic carbocycles. The first kappa shape index (κ1) is 20.0. The van der Waals surface area contributed by atoms with Gasteiger partial charge in [0.2, 0.25) is 10.0 Å². The predicted octanol–water partition coefficient (Wildman–Crippen LogP) is 2.49. The number of hydrogen-bond donors (Lipinski definition) is 1. The van der Waals surface area contributed by atoms with Gasteiger partial charge in [-0.05, 0) is 43.9 Å². The highest BCUT2D eigenvalue weighted by atomic mass is 32.2. The van der Waals surface area contributed by atoms with E-state index < -0.39 is 21.7 Å². The van der Waals surface area contributed by atoms with Crippen LogP contribution in [-0.4, -0.2) is 59.9 Å². The van der Waals surface area contributed by atoms with E-state index in [9.17, 15) is 22.0 Å². The number of amides is 1. The number of likely N-dealkylation sites (tertiary alicyclic amines) is 1. The fourth-order valence-corrected chi connectivity index (χ4v) is 5.59. The summed E-state index contributed by atoms with van der Waals surface area (Å²) in [6.07, 6.45) is 4.74. The van der Waals surface area contributed by atoms with Crippen LogP contribution in [0.3, 0.4) is 0 Å². The Morgan fingerprint density at radius 3 is 2.59 bits per heavy atom. The first-order valence-corrected chi connectivity index (χ1v) is 11.1. The molecule has 0 saturated carbocycles. The second kappa shape index (κ2) is 7.83. The number of carbonyl (C=O) groups is 1. The lowest BCUT2D eigenvalue weighted by Crippen LogP contribution is -2.39. The van der Waals surface area contributed by atoms with Crippen LogP contribution in [0.15, 0.2) is 29.3 Å². The second-order valence-corrected chi connectivity index (χ2v) is 9.41. The van der Waals surface area contributed by atoms with E-state index in [2.05, 4.69) is 10.2 Å². The zero-order valence-corrected chi connectivity index (χ0v) is 16.6. The average Bonchev–Trinajstić information content (AvgIpc) is 3.42. The topological polar surface area (TPSA) is 86.4 Å². The molecule has 0 unspecified atom stereocenters. The van der Waals surface area contributed by atoms with E-state index >= 15 is 0 Å². The number of piperidine rings is 1. The first-order chi connectivity index (χ1) is 13.9. The minimum Gasteiger partial charge on any atom is -0.339 e. The maximum Gasteiger partial charge on any atom is 0.257 e. The normalized spacial score (nSPS) is 20.9. The summed E-state index contributed by atoms with van der Waals surface area (Å²) in [5.74, 6) is -2.62. The van der Waals surface area contributed by atoms with Crippen molar-refractivity contribution in [1.29, 1.82) is 0 Å². The Morgan fingerprint density at radius 1 is 1.10 bits per heavy atom. The molecule has 2 saturated heterocycles. The van der Waals surface area contributed by atoms with Crippen molar-refractivity contribution >= 4 is 15.9 Å². The smallest absolute Gasteiger partial charge is 0.257 e. The first-order valence-electron chi connectivity index (χ1n) is 9.65. The van der Waals surface area contributed by atoms with Crippen molar-refractivity contribution in [3.05, 3.63) is 47.3 Å². The van der Waals surface area contributed by atoms with Gasteiger partial charge >= 0.3 is 0 Å². The number of aromatic amines is 1.